The lowest BCUT2D eigenvalue weighted by Gasteiger charge is -2.11. The normalized spacial score (nSPS) is 10.5. The molecular weight excluding hydrogens is 300 g/mol. The van der Waals surface area contributed by atoms with Gasteiger partial charge in [0.2, 0.25) is 5.76 Å². The van der Waals surface area contributed by atoms with Crippen LogP contribution in [0.3, 0.4) is 0 Å². The average molecular weight is 318 g/mol. The third kappa shape index (κ3) is 2.79. The van der Waals surface area contributed by atoms with Crippen molar-refractivity contribution in [3.63, 3.8) is 0 Å². The number of carbonyl (C=O) groups excluding carboxylic acids is 2. The summed E-state index contributed by atoms with van der Waals surface area (Å²) in [7, 11) is 2.35. The summed E-state index contributed by atoms with van der Waals surface area (Å²) < 4.78 is 14.5. The lowest BCUT2D eigenvalue weighted by Crippen LogP contribution is -2.03. The minimum atomic E-state index is -0.874. The number of esters is 2. The standard InChI is InChI=1S/C17H18O6/c1-8-6-9(2)11(10(3)7-8)12-13(18)15(17(20)22-5)23-14(12)16(19)21-4/h6-7,18H,1-5H3. The van der Waals surface area contributed by atoms with E-state index in [1.165, 1.54) is 7.11 Å². The molecule has 1 aromatic carbocycles. The molecule has 0 atom stereocenters. The molecule has 0 spiro atoms. The van der Waals surface area contributed by atoms with Crippen molar-refractivity contribution in [1.82, 2.24) is 0 Å². The van der Waals surface area contributed by atoms with Crippen LogP contribution in [0.2, 0.25) is 0 Å². The number of hydrogen-bond acceptors (Lipinski definition) is 6. The summed E-state index contributed by atoms with van der Waals surface area (Å²) in [4.78, 5) is 23.7. The highest BCUT2D eigenvalue weighted by Gasteiger charge is 2.32. The molecule has 6 nitrogen and oxygen atoms in total. The maximum Gasteiger partial charge on any atom is 0.377 e. The Hall–Kier alpha value is -2.76. The average Bonchev–Trinajstić information content (AvgIpc) is 2.82. The van der Waals surface area contributed by atoms with Gasteiger partial charge >= 0.3 is 11.9 Å². The molecule has 0 saturated carbocycles. The highest BCUT2D eigenvalue weighted by molar-refractivity contribution is 6.02. The van der Waals surface area contributed by atoms with Gasteiger partial charge in [0.25, 0.3) is 5.76 Å². The number of aryl methyl sites for hydroxylation is 3. The zero-order valence-corrected chi connectivity index (χ0v) is 13.6. The van der Waals surface area contributed by atoms with E-state index in [9.17, 15) is 14.7 Å². The van der Waals surface area contributed by atoms with Crippen LogP contribution >= 0.6 is 0 Å². The minimum Gasteiger partial charge on any atom is -0.504 e. The molecule has 0 bridgehead atoms. The van der Waals surface area contributed by atoms with Gasteiger partial charge in [-0.1, -0.05) is 17.7 Å². The quantitative estimate of drug-likeness (QED) is 0.875. The second kappa shape index (κ2) is 6.16. The maximum atomic E-state index is 12.0. The number of ether oxygens (including phenoxy) is 2. The Morgan fingerprint density at radius 1 is 0.913 bits per heavy atom. The second-order valence-electron chi connectivity index (χ2n) is 5.24. The topological polar surface area (TPSA) is 86.0 Å². The molecule has 1 N–H and O–H groups in total. The molecule has 0 aliphatic carbocycles. The molecule has 23 heavy (non-hydrogen) atoms. The van der Waals surface area contributed by atoms with Crippen molar-refractivity contribution in [2.24, 2.45) is 0 Å². The van der Waals surface area contributed by atoms with Crippen molar-refractivity contribution in [3.8, 4) is 16.9 Å². The van der Waals surface area contributed by atoms with Gasteiger partial charge in [-0.2, -0.15) is 0 Å². The molecule has 0 saturated heterocycles. The van der Waals surface area contributed by atoms with Crippen molar-refractivity contribution in [1.29, 1.82) is 0 Å². The van der Waals surface area contributed by atoms with Gasteiger partial charge in [0.05, 0.1) is 19.8 Å². The van der Waals surface area contributed by atoms with Crippen molar-refractivity contribution in [2.75, 3.05) is 14.2 Å². The summed E-state index contributed by atoms with van der Waals surface area (Å²) in [5, 5.41) is 10.4. The van der Waals surface area contributed by atoms with Gasteiger partial charge in [-0.05, 0) is 37.5 Å². The SMILES string of the molecule is COC(=O)c1oc(C(=O)OC)c(-c2c(C)cc(C)cc2C)c1O. The Labute approximate surface area is 133 Å². The fourth-order valence-electron chi connectivity index (χ4n) is 2.70. The molecular formula is C17H18O6. The van der Waals surface area contributed by atoms with Gasteiger partial charge in [0.1, 0.15) is 0 Å². The molecule has 6 heteroatoms. The molecule has 1 aromatic heterocycles. The van der Waals surface area contributed by atoms with Gasteiger partial charge < -0.3 is 19.0 Å². The van der Waals surface area contributed by atoms with Crippen LogP contribution in [0.4, 0.5) is 0 Å². The van der Waals surface area contributed by atoms with Crippen LogP contribution in [0, 0.1) is 20.8 Å². The van der Waals surface area contributed by atoms with E-state index in [0.29, 0.717) is 5.56 Å². The van der Waals surface area contributed by atoms with Gasteiger partial charge in [-0.25, -0.2) is 9.59 Å². The minimum absolute atomic E-state index is 0.132. The molecule has 2 rings (SSSR count). The van der Waals surface area contributed by atoms with Crippen molar-refractivity contribution in [3.05, 3.63) is 40.3 Å². The summed E-state index contributed by atoms with van der Waals surface area (Å²) in [5.41, 5.74) is 3.46. The van der Waals surface area contributed by atoms with Gasteiger partial charge in [-0.15, -0.1) is 0 Å². The Morgan fingerprint density at radius 3 is 1.87 bits per heavy atom. The van der Waals surface area contributed by atoms with Crippen molar-refractivity contribution in [2.45, 2.75) is 20.8 Å². The molecule has 0 fully saturated rings. The van der Waals surface area contributed by atoms with Crippen molar-refractivity contribution < 1.29 is 28.6 Å². The van der Waals surface area contributed by atoms with E-state index in [2.05, 4.69) is 9.47 Å². The van der Waals surface area contributed by atoms with Crippen LogP contribution in [0.25, 0.3) is 11.1 Å². The molecule has 0 amide bonds. The van der Waals surface area contributed by atoms with E-state index in [-0.39, 0.29) is 11.3 Å². The van der Waals surface area contributed by atoms with E-state index in [0.717, 1.165) is 23.8 Å². The first-order valence-corrected chi connectivity index (χ1v) is 6.92. The summed E-state index contributed by atoms with van der Waals surface area (Å²) in [5.74, 6) is -2.76. The Bertz CT molecular complexity index is 762. The van der Waals surface area contributed by atoms with E-state index in [1.807, 2.05) is 32.9 Å². The number of aromatic hydroxyl groups is 1. The lowest BCUT2D eigenvalue weighted by atomic mass is 9.93. The number of furan rings is 1. The number of hydrogen-bond donors (Lipinski definition) is 1. The lowest BCUT2D eigenvalue weighted by molar-refractivity contribution is 0.0529. The summed E-state index contributed by atoms with van der Waals surface area (Å²) >= 11 is 0. The van der Waals surface area contributed by atoms with Crippen LogP contribution in [-0.2, 0) is 9.47 Å². The first kappa shape index (κ1) is 16.6. The number of carbonyl (C=O) groups is 2. The molecule has 0 aliphatic rings. The number of rotatable bonds is 3. The fraction of sp³-hybridized carbons (Fsp3) is 0.294. The van der Waals surface area contributed by atoms with Crippen LogP contribution in [0.5, 0.6) is 5.75 Å². The summed E-state index contributed by atoms with van der Waals surface area (Å²) in [6.07, 6.45) is 0. The zero-order valence-electron chi connectivity index (χ0n) is 13.6. The summed E-state index contributed by atoms with van der Waals surface area (Å²) in [6.45, 7) is 5.64. The Morgan fingerprint density at radius 2 is 1.39 bits per heavy atom. The van der Waals surface area contributed by atoms with Crippen LogP contribution in [-0.4, -0.2) is 31.3 Å². The highest BCUT2D eigenvalue weighted by Crippen LogP contribution is 2.42. The third-order valence-electron chi connectivity index (χ3n) is 3.55. The fourth-order valence-corrected chi connectivity index (χ4v) is 2.70. The maximum absolute atomic E-state index is 12.0. The molecule has 0 aliphatic heterocycles. The predicted octanol–water partition coefficient (Wildman–Crippen LogP) is 3.15. The predicted molar refractivity (Wildman–Crippen MR) is 82.7 cm³/mol. The molecule has 0 unspecified atom stereocenters. The van der Waals surface area contributed by atoms with E-state index in [4.69, 9.17) is 4.42 Å². The molecule has 2 aromatic rings. The number of methoxy groups -OCH3 is 2. The van der Waals surface area contributed by atoms with Crippen LogP contribution < -0.4 is 0 Å². The molecule has 0 radical (unpaired) electrons. The third-order valence-corrected chi connectivity index (χ3v) is 3.55. The van der Waals surface area contributed by atoms with Gasteiger partial charge in [0, 0.05) is 0 Å². The van der Waals surface area contributed by atoms with Gasteiger partial charge in [-0.3, -0.25) is 0 Å². The van der Waals surface area contributed by atoms with E-state index >= 15 is 0 Å². The second-order valence-corrected chi connectivity index (χ2v) is 5.24. The Kier molecular flexibility index (Phi) is 4.45. The van der Waals surface area contributed by atoms with E-state index in [1.54, 1.807) is 0 Å². The monoisotopic (exact) mass is 318 g/mol. The first-order chi connectivity index (χ1) is 10.8. The summed E-state index contributed by atoms with van der Waals surface area (Å²) in [6, 6.07) is 3.82. The smallest absolute Gasteiger partial charge is 0.377 e. The van der Waals surface area contributed by atoms with E-state index < -0.39 is 23.4 Å². The van der Waals surface area contributed by atoms with Crippen molar-refractivity contribution >= 4 is 11.9 Å². The first-order valence-electron chi connectivity index (χ1n) is 6.92. The Balaban J connectivity index is 2.83. The van der Waals surface area contributed by atoms with Crippen LogP contribution in [0.1, 0.15) is 37.8 Å². The molecule has 1 heterocycles. The largest absolute Gasteiger partial charge is 0.504 e. The zero-order chi connectivity index (χ0) is 17.3. The van der Waals surface area contributed by atoms with Crippen LogP contribution in [0.15, 0.2) is 16.5 Å². The molecule has 122 valence electrons. The van der Waals surface area contributed by atoms with Gasteiger partial charge in [0.15, 0.2) is 5.75 Å². The highest BCUT2D eigenvalue weighted by atomic mass is 16.6. The number of benzene rings is 1.